The molecular formula is C14H18N2O3. The van der Waals surface area contributed by atoms with Crippen molar-refractivity contribution in [2.75, 3.05) is 24.6 Å². The maximum Gasteiger partial charge on any atom is 0.309 e. The summed E-state index contributed by atoms with van der Waals surface area (Å²) >= 11 is 0. The number of anilines is 1. The second kappa shape index (κ2) is 6.31. The highest BCUT2D eigenvalue weighted by atomic mass is 16.5. The van der Waals surface area contributed by atoms with E-state index in [1.54, 1.807) is 12.4 Å². The predicted molar refractivity (Wildman–Crippen MR) is 71.2 cm³/mol. The van der Waals surface area contributed by atoms with Gasteiger partial charge in [-0.3, -0.25) is 14.6 Å². The van der Waals surface area contributed by atoms with Gasteiger partial charge < -0.3 is 9.64 Å². The molecule has 2 heterocycles. The van der Waals surface area contributed by atoms with Crippen LogP contribution in [0.25, 0.3) is 0 Å². The number of rotatable bonds is 4. The summed E-state index contributed by atoms with van der Waals surface area (Å²) in [7, 11) is 0. The van der Waals surface area contributed by atoms with E-state index in [4.69, 9.17) is 4.74 Å². The molecule has 1 aliphatic rings. The number of piperidine rings is 1. The van der Waals surface area contributed by atoms with Crippen molar-refractivity contribution in [1.29, 1.82) is 0 Å². The number of hydrogen-bond donors (Lipinski definition) is 0. The van der Waals surface area contributed by atoms with Crippen molar-refractivity contribution in [2.45, 2.75) is 19.8 Å². The van der Waals surface area contributed by atoms with Crippen LogP contribution in [-0.4, -0.2) is 36.9 Å². The lowest BCUT2D eigenvalue weighted by molar-refractivity contribution is -0.148. The quantitative estimate of drug-likeness (QED) is 0.610. The Bertz CT molecular complexity index is 454. The Kier molecular flexibility index (Phi) is 4.49. The number of hydrogen-bond acceptors (Lipinski definition) is 5. The lowest BCUT2D eigenvalue weighted by atomic mass is 9.96. The molecule has 0 radical (unpaired) electrons. The van der Waals surface area contributed by atoms with E-state index >= 15 is 0 Å². The summed E-state index contributed by atoms with van der Waals surface area (Å²) in [5, 5.41) is 0. The normalized spacial score (nSPS) is 16.2. The van der Waals surface area contributed by atoms with Crippen molar-refractivity contribution in [3.05, 3.63) is 24.0 Å². The standard InChI is InChI=1S/C14H18N2O3/c1-2-19-14(18)11-4-7-16(8-5-11)13-3-6-15-9-12(13)10-17/h3,6,9-11H,2,4-5,7-8H2,1H3. The summed E-state index contributed by atoms with van der Waals surface area (Å²) in [5.41, 5.74) is 1.49. The van der Waals surface area contributed by atoms with Crippen LogP contribution in [0.2, 0.25) is 0 Å². The number of aldehydes is 1. The molecule has 5 nitrogen and oxygen atoms in total. The Balaban J connectivity index is 2.00. The Labute approximate surface area is 112 Å². The Morgan fingerprint density at radius 3 is 2.89 bits per heavy atom. The van der Waals surface area contributed by atoms with Crippen LogP contribution in [0, 0.1) is 5.92 Å². The van der Waals surface area contributed by atoms with Crippen molar-refractivity contribution in [3.8, 4) is 0 Å². The Morgan fingerprint density at radius 1 is 1.53 bits per heavy atom. The largest absolute Gasteiger partial charge is 0.466 e. The summed E-state index contributed by atoms with van der Waals surface area (Å²) in [5.74, 6) is -0.120. The molecular weight excluding hydrogens is 244 g/mol. The van der Waals surface area contributed by atoms with Gasteiger partial charge in [-0.1, -0.05) is 0 Å². The zero-order valence-electron chi connectivity index (χ0n) is 11.0. The third-order valence-corrected chi connectivity index (χ3v) is 3.41. The van der Waals surface area contributed by atoms with Gasteiger partial charge in [-0.05, 0) is 25.8 Å². The number of carbonyl (C=O) groups is 2. The van der Waals surface area contributed by atoms with Gasteiger partial charge in [0.05, 0.1) is 23.8 Å². The van der Waals surface area contributed by atoms with E-state index in [1.807, 2.05) is 13.0 Å². The molecule has 0 unspecified atom stereocenters. The summed E-state index contributed by atoms with van der Waals surface area (Å²) < 4.78 is 5.04. The van der Waals surface area contributed by atoms with Gasteiger partial charge in [-0.15, -0.1) is 0 Å². The van der Waals surface area contributed by atoms with Crippen molar-refractivity contribution < 1.29 is 14.3 Å². The maximum atomic E-state index is 11.7. The fraction of sp³-hybridized carbons (Fsp3) is 0.500. The Hall–Kier alpha value is -1.91. The number of nitrogens with zero attached hydrogens (tertiary/aromatic N) is 2. The minimum Gasteiger partial charge on any atom is -0.466 e. The van der Waals surface area contributed by atoms with Crippen LogP contribution in [0.1, 0.15) is 30.1 Å². The van der Waals surface area contributed by atoms with Crippen LogP contribution in [-0.2, 0) is 9.53 Å². The van der Waals surface area contributed by atoms with Crippen LogP contribution < -0.4 is 4.90 Å². The molecule has 5 heteroatoms. The number of carbonyl (C=O) groups excluding carboxylic acids is 2. The summed E-state index contributed by atoms with van der Waals surface area (Å²) in [6, 6.07) is 1.84. The minimum atomic E-state index is -0.104. The third kappa shape index (κ3) is 3.10. The molecule has 19 heavy (non-hydrogen) atoms. The molecule has 1 aromatic rings. The first-order valence-corrected chi connectivity index (χ1v) is 6.57. The van der Waals surface area contributed by atoms with E-state index in [0.717, 1.165) is 37.9 Å². The van der Waals surface area contributed by atoms with Crippen LogP contribution in [0.5, 0.6) is 0 Å². The first-order valence-electron chi connectivity index (χ1n) is 6.57. The fourth-order valence-electron chi connectivity index (χ4n) is 2.39. The van der Waals surface area contributed by atoms with E-state index in [-0.39, 0.29) is 11.9 Å². The molecule has 2 rings (SSSR count). The van der Waals surface area contributed by atoms with Gasteiger partial charge in [0.25, 0.3) is 0 Å². The van der Waals surface area contributed by atoms with Crippen molar-refractivity contribution in [2.24, 2.45) is 5.92 Å². The van der Waals surface area contributed by atoms with Crippen LogP contribution >= 0.6 is 0 Å². The van der Waals surface area contributed by atoms with Crippen LogP contribution in [0.15, 0.2) is 18.5 Å². The summed E-state index contributed by atoms with van der Waals surface area (Å²) in [4.78, 5) is 28.7. The molecule has 102 valence electrons. The molecule has 0 bridgehead atoms. The molecule has 0 atom stereocenters. The summed E-state index contributed by atoms with van der Waals surface area (Å²) in [6.07, 6.45) is 5.60. The molecule has 1 saturated heterocycles. The zero-order chi connectivity index (χ0) is 13.7. The van der Waals surface area contributed by atoms with Crippen LogP contribution in [0.4, 0.5) is 5.69 Å². The molecule has 0 spiro atoms. The second-order valence-corrected chi connectivity index (χ2v) is 4.57. The van der Waals surface area contributed by atoms with Crippen molar-refractivity contribution in [1.82, 2.24) is 4.98 Å². The highest BCUT2D eigenvalue weighted by Gasteiger charge is 2.26. The van der Waals surface area contributed by atoms with Gasteiger partial charge in [-0.25, -0.2) is 0 Å². The monoisotopic (exact) mass is 262 g/mol. The number of ether oxygens (including phenoxy) is 1. The molecule has 1 fully saturated rings. The van der Waals surface area contributed by atoms with Gasteiger partial charge in [0.2, 0.25) is 0 Å². The zero-order valence-corrected chi connectivity index (χ0v) is 11.0. The average molecular weight is 262 g/mol. The number of pyridine rings is 1. The van der Waals surface area contributed by atoms with Gasteiger partial charge in [0, 0.05) is 25.5 Å². The van der Waals surface area contributed by atoms with E-state index < -0.39 is 0 Å². The molecule has 0 amide bonds. The van der Waals surface area contributed by atoms with Gasteiger partial charge in [0.1, 0.15) is 0 Å². The van der Waals surface area contributed by atoms with Crippen LogP contribution in [0.3, 0.4) is 0 Å². The van der Waals surface area contributed by atoms with E-state index in [1.165, 1.54) is 0 Å². The Morgan fingerprint density at radius 2 is 2.26 bits per heavy atom. The molecule has 1 aliphatic heterocycles. The minimum absolute atomic E-state index is 0.0160. The smallest absolute Gasteiger partial charge is 0.309 e. The highest BCUT2D eigenvalue weighted by molar-refractivity contribution is 5.84. The average Bonchev–Trinajstić information content (AvgIpc) is 2.47. The lowest BCUT2D eigenvalue weighted by Crippen LogP contribution is -2.37. The van der Waals surface area contributed by atoms with Gasteiger partial charge in [-0.2, -0.15) is 0 Å². The first-order chi connectivity index (χ1) is 9.26. The van der Waals surface area contributed by atoms with E-state index in [0.29, 0.717) is 12.2 Å². The van der Waals surface area contributed by atoms with E-state index in [2.05, 4.69) is 9.88 Å². The van der Waals surface area contributed by atoms with Gasteiger partial charge >= 0.3 is 5.97 Å². The first kappa shape index (κ1) is 13.5. The second-order valence-electron chi connectivity index (χ2n) is 4.57. The topological polar surface area (TPSA) is 59.5 Å². The van der Waals surface area contributed by atoms with Crippen molar-refractivity contribution in [3.63, 3.8) is 0 Å². The van der Waals surface area contributed by atoms with Gasteiger partial charge in [0.15, 0.2) is 6.29 Å². The molecule has 0 N–H and O–H groups in total. The van der Waals surface area contributed by atoms with Crippen molar-refractivity contribution >= 4 is 17.9 Å². The molecule has 0 aromatic carbocycles. The summed E-state index contributed by atoms with van der Waals surface area (Å²) in [6.45, 7) is 3.77. The molecule has 0 aliphatic carbocycles. The molecule has 1 aromatic heterocycles. The SMILES string of the molecule is CCOC(=O)C1CCN(c2ccncc2C=O)CC1. The van der Waals surface area contributed by atoms with E-state index in [9.17, 15) is 9.59 Å². The highest BCUT2D eigenvalue weighted by Crippen LogP contribution is 2.25. The number of esters is 1. The number of aromatic nitrogens is 1. The molecule has 0 saturated carbocycles. The maximum absolute atomic E-state index is 11.7. The third-order valence-electron chi connectivity index (χ3n) is 3.41. The predicted octanol–water partition coefficient (Wildman–Crippen LogP) is 1.67. The lowest BCUT2D eigenvalue weighted by Gasteiger charge is -2.33. The fourth-order valence-corrected chi connectivity index (χ4v) is 2.39.